The van der Waals surface area contributed by atoms with Gasteiger partial charge in [-0.25, -0.2) is 4.79 Å². The second-order valence-corrected chi connectivity index (χ2v) is 20.0. The number of esters is 1. The zero-order chi connectivity index (χ0) is 48.2. The van der Waals surface area contributed by atoms with Crippen molar-refractivity contribution in [1.82, 2.24) is 4.90 Å². The van der Waals surface area contributed by atoms with Crippen LogP contribution in [0.3, 0.4) is 0 Å². The van der Waals surface area contributed by atoms with Gasteiger partial charge in [-0.3, -0.25) is 9.59 Å². The van der Waals surface area contributed by atoms with E-state index in [1.54, 1.807) is 34.1 Å². The number of aliphatic hydroxyl groups is 5. The first-order valence-electron chi connectivity index (χ1n) is 24.2. The number of Topliss-reactive ketones (excluding diaryl/α,β-unsaturated/α-hetero) is 1. The van der Waals surface area contributed by atoms with Crippen LogP contribution in [0.2, 0.25) is 0 Å². The summed E-state index contributed by atoms with van der Waals surface area (Å²) in [5, 5.41) is 57.2. The molecule has 65 heavy (non-hydrogen) atoms. The Morgan fingerprint density at radius 2 is 1.54 bits per heavy atom. The lowest BCUT2D eigenvalue weighted by molar-refractivity contribution is -0.265. The number of allylic oxidation sites excluding steroid dienone is 5. The number of carbonyl (C=O) groups is 3. The summed E-state index contributed by atoms with van der Waals surface area (Å²) in [5.74, 6) is -6.69. The summed E-state index contributed by atoms with van der Waals surface area (Å²) in [6.45, 7) is 13.2. The van der Waals surface area contributed by atoms with E-state index in [0.717, 1.165) is 12.0 Å². The standard InChI is InChI=1S/C51H83NO13/c1-30-16-12-11-13-17-31(2)42(61-8)28-38-21-19-36(7)51(60,65-38)48(57)49(58)52-23-15-14-18-39(52)50(59)64-43(33(4)26-37-20-22-40(53)44(27-37)62-9)29-41(54)32(3)25-35(6)46(56)47(63-10)45(55)34(5)24-30/h11-13,16-17,25,30,32-34,36-47,53-56,60H,14-15,18-24,26-29H2,1-10H3/t30-,32-,33-,34-,36-,37+,38?,39+,40-,41+,42+,43?,44-,45+,46-,47+,51-/m1/s1. The summed E-state index contributed by atoms with van der Waals surface area (Å²) < 4.78 is 29.6. The van der Waals surface area contributed by atoms with Crippen LogP contribution in [0.1, 0.15) is 126 Å². The van der Waals surface area contributed by atoms with Crippen molar-refractivity contribution in [3.8, 4) is 0 Å². The number of methoxy groups -OCH3 is 3. The number of aliphatic hydroxyl groups excluding tert-OH is 4. The van der Waals surface area contributed by atoms with Crippen molar-refractivity contribution < 1.29 is 63.6 Å². The average Bonchev–Trinajstić information content (AvgIpc) is 3.28. The molecule has 14 nitrogen and oxygen atoms in total. The number of hydrogen-bond donors (Lipinski definition) is 5. The zero-order valence-electron chi connectivity index (χ0n) is 40.8. The second-order valence-electron chi connectivity index (χ2n) is 20.0. The summed E-state index contributed by atoms with van der Waals surface area (Å²) in [5.41, 5.74) is 1.41. The zero-order valence-corrected chi connectivity index (χ0v) is 40.8. The van der Waals surface area contributed by atoms with E-state index in [1.807, 2.05) is 58.1 Å². The molecule has 370 valence electrons. The lowest BCUT2D eigenvalue weighted by atomic mass is 9.78. The van der Waals surface area contributed by atoms with E-state index in [0.29, 0.717) is 63.4 Å². The van der Waals surface area contributed by atoms with Gasteiger partial charge in [0.25, 0.3) is 11.7 Å². The van der Waals surface area contributed by atoms with E-state index in [4.69, 9.17) is 23.7 Å². The third kappa shape index (κ3) is 14.6. The van der Waals surface area contributed by atoms with E-state index >= 15 is 0 Å². The molecule has 3 aliphatic heterocycles. The van der Waals surface area contributed by atoms with Crippen LogP contribution in [0.4, 0.5) is 0 Å². The Labute approximate surface area is 388 Å². The van der Waals surface area contributed by atoms with Crippen LogP contribution < -0.4 is 0 Å². The maximum Gasteiger partial charge on any atom is 0.329 e. The van der Waals surface area contributed by atoms with E-state index in [2.05, 4.69) is 6.92 Å². The van der Waals surface area contributed by atoms with Crippen LogP contribution in [-0.4, -0.2) is 143 Å². The molecule has 4 aliphatic rings. The molecule has 0 aromatic heterocycles. The average molecular weight is 918 g/mol. The summed E-state index contributed by atoms with van der Waals surface area (Å²) in [7, 11) is 4.63. The number of fused-ring (bicyclic) bond motifs is 3. The number of rotatable bonds is 6. The van der Waals surface area contributed by atoms with Gasteiger partial charge in [0, 0.05) is 52.6 Å². The summed E-state index contributed by atoms with van der Waals surface area (Å²) in [4.78, 5) is 44.1. The Kier molecular flexibility index (Phi) is 21.5. The minimum absolute atomic E-state index is 0.0359. The van der Waals surface area contributed by atoms with Crippen LogP contribution in [0.5, 0.6) is 0 Å². The van der Waals surface area contributed by atoms with Crippen LogP contribution in [0.25, 0.3) is 0 Å². The van der Waals surface area contributed by atoms with Gasteiger partial charge in [-0.1, -0.05) is 71.1 Å². The first-order valence-corrected chi connectivity index (χ1v) is 24.2. The maximum atomic E-state index is 14.4. The molecule has 4 rings (SSSR count). The fourth-order valence-electron chi connectivity index (χ4n) is 10.4. The van der Waals surface area contributed by atoms with E-state index in [-0.39, 0.29) is 49.2 Å². The Balaban J connectivity index is 1.70. The van der Waals surface area contributed by atoms with Gasteiger partial charge in [-0.05, 0) is 113 Å². The molecule has 3 fully saturated rings. The topological polar surface area (TPSA) is 202 Å². The Morgan fingerprint density at radius 1 is 0.815 bits per heavy atom. The van der Waals surface area contributed by atoms with Gasteiger partial charge in [-0.2, -0.15) is 0 Å². The molecule has 0 spiro atoms. The second kappa shape index (κ2) is 25.5. The predicted molar refractivity (Wildman–Crippen MR) is 247 cm³/mol. The van der Waals surface area contributed by atoms with Gasteiger partial charge >= 0.3 is 5.97 Å². The number of nitrogens with zero attached hydrogens (tertiary/aromatic N) is 1. The summed E-state index contributed by atoms with van der Waals surface area (Å²) in [6.07, 6.45) is 10.6. The molecule has 0 aromatic rings. The molecule has 1 saturated carbocycles. The molecule has 1 aliphatic carbocycles. The quantitative estimate of drug-likeness (QED) is 0.122. The van der Waals surface area contributed by atoms with Crippen molar-refractivity contribution in [2.24, 2.45) is 35.5 Å². The van der Waals surface area contributed by atoms with Gasteiger partial charge in [-0.15, -0.1) is 0 Å². The third-order valence-corrected chi connectivity index (χ3v) is 14.9. The predicted octanol–water partition coefficient (Wildman–Crippen LogP) is 5.76. The first-order chi connectivity index (χ1) is 30.7. The van der Waals surface area contributed by atoms with E-state index in [1.165, 1.54) is 12.0 Å². The fraction of sp³-hybridized carbons (Fsp3) is 0.784. The number of carbonyl (C=O) groups excluding carboxylic acids is 3. The van der Waals surface area contributed by atoms with Crippen LogP contribution in [0, 0.1) is 35.5 Å². The molecule has 5 N–H and O–H groups in total. The normalized spacial score (nSPS) is 40.1. The molecule has 0 aromatic carbocycles. The number of piperidine rings is 1. The minimum atomic E-state index is -2.41. The molecule has 0 radical (unpaired) electrons. The highest BCUT2D eigenvalue weighted by molar-refractivity contribution is 6.39. The van der Waals surface area contributed by atoms with Crippen LogP contribution >= 0.6 is 0 Å². The Hall–Kier alpha value is -2.79. The van der Waals surface area contributed by atoms with Gasteiger partial charge < -0.3 is 54.1 Å². The molecule has 2 unspecified atom stereocenters. The van der Waals surface area contributed by atoms with Crippen LogP contribution in [0.15, 0.2) is 47.6 Å². The molecular weight excluding hydrogens is 835 g/mol. The Bertz CT molecular complexity index is 1660. The fourth-order valence-corrected chi connectivity index (χ4v) is 10.4. The van der Waals surface area contributed by atoms with E-state index < -0.39 is 90.2 Å². The minimum Gasteiger partial charge on any atom is -0.460 e. The Morgan fingerprint density at radius 3 is 2.22 bits per heavy atom. The van der Waals surface area contributed by atoms with Crippen LogP contribution in [-0.2, 0) is 38.1 Å². The van der Waals surface area contributed by atoms with Crippen molar-refractivity contribution in [2.75, 3.05) is 27.9 Å². The number of amides is 1. The van der Waals surface area contributed by atoms with Gasteiger partial charge in [0.1, 0.15) is 24.4 Å². The van der Waals surface area contributed by atoms with Gasteiger partial charge in [0.05, 0.1) is 36.6 Å². The molecule has 3 heterocycles. The smallest absolute Gasteiger partial charge is 0.329 e. The maximum absolute atomic E-state index is 14.4. The van der Waals surface area contributed by atoms with Gasteiger partial charge in [0.2, 0.25) is 5.79 Å². The molecule has 17 atom stereocenters. The highest BCUT2D eigenvalue weighted by atomic mass is 16.6. The number of ketones is 1. The third-order valence-electron chi connectivity index (χ3n) is 14.9. The highest BCUT2D eigenvalue weighted by Crippen LogP contribution is 2.38. The highest BCUT2D eigenvalue weighted by Gasteiger charge is 2.53. The van der Waals surface area contributed by atoms with Crippen molar-refractivity contribution in [2.45, 2.75) is 192 Å². The van der Waals surface area contributed by atoms with Gasteiger partial charge in [0.15, 0.2) is 0 Å². The number of hydrogen-bond acceptors (Lipinski definition) is 13. The first kappa shape index (κ1) is 54.8. The lowest BCUT2D eigenvalue weighted by Crippen LogP contribution is -2.61. The van der Waals surface area contributed by atoms with Crippen molar-refractivity contribution in [3.63, 3.8) is 0 Å². The summed E-state index contributed by atoms with van der Waals surface area (Å²) >= 11 is 0. The van der Waals surface area contributed by atoms with E-state index in [9.17, 15) is 39.9 Å². The monoisotopic (exact) mass is 918 g/mol. The number of ether oxygens (including phenoxy) is 5. The largest absolute Gasteiger partial charge is 0.460 e. The van der Waals surface area contributed by atoms with Crippen molar-refractivity contribution in [3.05, 3.63) is 47.6 Å². The molecule has 2 saturated heterocycles. The number of cyclic esters (lactones) is 1. The SMILES string of the molecule is CO[C@H]1[C@@H](O)[C@H](C)C[C@H](C)C=CC=CC=C(C)[C@@H](OC)CC2CC[C@@H](C)[C@@](O)(O2)C(=O)C(=O)N2CCCC[C@H]2C(=O)OC([C@H](C)C[C@@H]2CC[C@@H](O)[C@H](OC)C2)C[C@H](O)[C@H](C)C=C(C)[C@H]1O. The molecule has 1 amide bonds. The summed E-state index contributed by atoms with van der Waals surface area (Å²) in [6, 6.07) is -1.10. The molecule has 14 heteroatoms. The van der Waals surface area contributed by atoms with Crippen molar-refractivity contribution >= 4 is 17.7 Å². The molecule has 2 bridgehead atoms. The lowest BCUT2D eigenvalue weighted by Gasteiger charge is -2.43. The molecular formula is C51H83NO13. The van der Waals surface area contributed by atoms with Crippen molar-refractivity contribution in [1.29, 1.82) is 0 Å².